The van der Waals surface area contributed by atoms with Crippen LogP contribution in [0.2, 0.25) is 0 Å². The van der Waals surface area contributed by atoms with E-state index in [-0.39, 0.29) is 11.5 Å². The molecular weight excluding hydrogens is 438 g/mol. The highest BCUT2D eigenvalue weighted by molar-refractivity contribution is 6.04. The first-order valence-electron chi connectivity index (χ1n) is 11.5. The summed E-state index contributed by atoms with van der Waals surface area (Å²) in [5.74, 6) is 1.57. The maximum absolute atomic E-state index is 13.2. The second-order valence-electron chi connectivity index (χ2n) is 7.81. The average Bonchev–Trinajstić information content (AvgIpc) is 3.42. The first-order valence-corrected chi connectivity index (χ1v) is 11.5. The molecule has 0 bridgehead atoms. The minimum Gasteiger partial charge on any atom is -0.490 e. The summed E-state index contributed by atoms with van der Waals surface area (Å²) in [6.45, 7) is 8.61. The minimum atomic E-state index is -0.394. The van der Waals surface area contributed by atoms with Gasteiger partial charge in [-0.2, -0.15) is 9.78 Å². The Morgan fingerprint density at radius 1 is 1.06 bits per heavy atom. The number of hydrogen-bond acceptors (Lipinski definition) is 7. The van der Waals surface area contributed by atoms with Crippen molar-refractivity contribution < 1.29 is 19.0 Å². The SMILES string of the molecule is CCOc1cc(C(=O)Nc2cc(C)nn2-c2nc3c(c(=O)[nH]2)CCC3)cc(OCC)c1OCC. The molecule has 0 atom stereocenters. The number of carbonyl (C=O) groups is 1. The number of amides is 1. The van der Waals surface area contributed by atoms with Gasteiger partial charge in [0.15, 0.2) is 11.5 Å². The monoisotopic (exact) mass is 467 g/mol. The van der Waals surface area contributed by atoms with Crippen molar-refractivity contribution in [1.82, 2.24) is 19.7 Å². The van der Waals surface area contributed by atoms with E-state index < -0.39 is 5.91 Å². The fourth-order valence-electron chi connectivity index (χ4n) is 3.99. The van der Waals surface area contributed by atoms with Crippen LogP contribution in [0.4, 0.5) is 5.82 Å². The number of nitrogens with one attached hydrogen (secondary N) is 2. The fourth-order valence-corrected chi connectivity index (χ4v) is 3.99. The standard InChI is InChI=1S/C24H29N5O5/c1-5-32-18-12-15(13-19(33-6-2)21(18)34-7-3)22(30)26-20-11-14(4)28-29(20)24-25-17-10-8-9-16(17)23(31)27-24/h11-13H,5-10H2,1-4H3,(H,26,30)(H,25,27,31). The Bertz CT molecular complexity index is 1240. The Hall–Kier alpha value is -3.82. The molecule has 1 aromatic carbocycles. The Kier molecular flexibility index (Phi) is 6.85. The normalized spacial score (nSPS) is 12.4. The summed E-state index contributed by atoms with van der Waals surface area (Å²) in [7, 11) is 0. The number of benzene rings is 1. The molecule has 2 aromatic heterocycles. The van der Waals surface area contributed by atoms with Gasteiger partial charge in [-0.25, -0.2) is 4.98 Å². The molecule has 0 saturated heterocycles. The Morgan fingerprint density at radius 3 is 2.38 bits per heavy atom. The molecule has 3 aromatic rings. The zero-order valence-electron chi connectivity index (χ0n) is 19.9. The summed E-state index contributed by atoms with van der Waals surface area (Å²) < 4.78 is 18.6. The summed E-state index contributed by atoms with van der Waals surface area (Å²) in [4.78, 5) is 33.1. The van der Waals surface area contributed by atoms with Gasteiger partial charge in [-0.1, -0.05) is 0 Å². The van der Waals surface area contributed by atoms with Crippen LogP contribution in [0.1, 0.15) is 54.5 Å². The van der Waals surface area contributed by atoms with Crippen LogP contribution < -0.4 is 25.1 Å². The molecule has 10 nitrogen and oxygen atoms in total. The maximum atomic E-state index is 13.2. The van der Waals surface area contributed by atoms with Crippen molar-refractivity contribution in [2.24, 2.45) is 0 Å². The highest BCUT2D eigenvalue weighted by Crippen LogP contribution is 2.39. The van der Waals surface area contributed by atoms with Crippen LogP contribution in [0, 0.1) is 6.92 Å². The van der Waals surface area contributed by atoms with E-state index in [1.54, 1.807) is 25.1 Å². The van der Waals surface area contributed by atoms with Gasteiger partial charge in [0.05, 0.1) is 31.2 Å². The van der Waals surface area contributed by atoms with Gasteiger partial charge < -0.3 is 19.5 Å². The number of ether oxygens (including phenoxy) is 3. The molecule has 0 saturated carbocycles. The van der Waals surface area contributed by atoms with Gasteiger partial charge in [0.25, 0.3) is 11.5 Å². The third kappa shape index (κ3) is 4.61. The van der Waals surface area contributed by atoms with Crippen molar-refractivity contribution in [2.75, 3.05) is 25.1 Å². The van der Waals surface area contributed by atoms with E-state index in [9.17, 15) is 9.59 Å². The minimum absolute atomic E-state index is 0.169. The number of H-pyrrole nitrogens is 1. The molecule has 2 heterocycles. The predicted molar refractivity (Wildman–Crippen MR) is 127 cm³/mol. The van der Waals surface area contributed by atoms with Crippen LogP contribution in [0.15, 0.2) is 23.0 Å². The molecule has 0 radical (unpaired) electrons. The zero-order chi connectivity index (χ0) is 24.2. The summed E-state index contributed by atoms with van der Waals surface area (Å²) in [6, 6.07) is 4.96. The summed E-state index contributed by atoms with van der Waals surface area (Å²) >= 11 is 0. The van der Waals surface area contributed by atoms with Crippen molar-refractivity contribution in [1.29, 1.82) is 0 Å². The van der Waals surface area contributed by atoms with Gasteiger partial charge in [-0.15, -0.1) is 0 Å². The second-order valence-corrected chi connectivity index (χ2v) is 7.81. The van der Waals surface area contributed by atoms with Gasteiger partial charge in [0, 0.05) is 17.2 Å². The van der Waals surface area contributed by atoms with E-state index >= 15 is 0 Å². The molecule has 0 fully saturated rings. The summed E-state index contributed by atoms with van der Waals surface area (Å²) in [5, 5.41) is 7.30. The van der Waals surface area contributed by atoms with Crippen molar-refractivity contribution >= 4 is 11.7 Å². The third-order valence-electron chi connectivity index (χ3n) is 5.37. The number of aromatic amines is 1. The molecule has 34 heavy (non-hydrogen) atoms. The topological polar surface area (TPSA) is 120 Å². The summed E-state index contributed by atoms with van der Waals surface area (Å²) in [5.41, 5.74) is 2.32. The van der Waals surface area contributed by atoms with E-state index in [0.29, 0.717) is 54.1 Å². The van der Waals surface area contributed by atoms with Gasteiger partial charge in [0.1, 0.15) is 5.82 Å². The number of rotatable bonds is 9. The number of anilines is 1. The van der Waals surface area contributed by atoms with E-state index in [2.05, 4.69) is 20.4 Å². The Balaban J connectivity index is 1.69. The van der Waals surface area contributed by atoms with Crippen LogP contribution in [0.3, 0.4) is 0 Å². The highest BCUT2D eigenvalue weighted by Gasteiger charge is 2.22. The number of hydrogen-bond donors (Lipinski definition) is 2. The molecule has 0 spiro atoms. The highest BCUT2D eigenvalue weighted by atomic mass is 16.5. The first-order chi connectivity index (χ1) is 16.4. The first kappa shape index (κ1) is 23.3. The molecule has 0 aliphatic heterocycles. The van der Waals surface area contributed by atoms with Gasteiger partial charge in [0.2, 0.25) is 11.7 Å². The lowest BCUT2D eigenvalue weighted by atomic mass is 10.1. The number of carbonyl (C=O) groups excluding carboxylic acids is 1. The molecule has 0 unspecified atom stereocenters. The predicted octanol–water partition coefficient (Wildman–Crippen LogP) is 3.20. The molecular formula is C24H29N5O5. The van der Waals surface area contributed by atoms with Crippen molar-refractivity contribution in [3.05, 3.63) is 51.1 Å². The average molecular weight is 468 g/mol. The largest absolute Gasteiger partial charge is 0.490 e. The lowest BCUT2D eigenvalue weighted by Crippen LogP contribution is -2.21. The maximum Gasteiger partial charge on any atom is 0.257 e. The van der Waals surface area contributed by atoms with E-state index in [4.69, 9.17) is 14.2 Å². The Labute approximate surface area is 197 Å². The smallest absolute Gasteiger partial charge is 0.257 e. The van der Waals surface area contributed by atoms with E-state index in [1.165, 1.54) is 4.68 Å². The van der Waals surface area contributed by atoms with E-state index in [0.717, 1.165) is 30.5 Å². The molecule has 1 aliphatic rings. The van der Waals surface area contributed by atoms with Gasteiger partial charge in [-0.3, -0.25) is 14.6 Å². The number of nitrogens with zero attached hydrogens (tertiary/aromatic N) is 3. The molecule has 1 amide bonds. The van der Waals surface area contributed by atoms with Crippen molar-refractivity contribution in [3.63, 3.8) is 0 Å². The molecule has 2 N–H and O–H groups in total. The zero-order valence-corrected chi connectivity index (χ0v) is 19.9. The number of fused-ring (bicyclic) bond motifs is 1. The number of aromatic nitrogens is 4. The van der Waals surface area contributed by atoms with Crippen LogP contribution in [0.25, 0.3) is 5.95 Å². The lowest BCUT2D eigenvalue weighted by molar-refractivity contribution is 0.102. The van der Waals surface area contributed by atoms with E-state index in [1.807, 2.05) is 20.8 Å². The summed E-state index contributed by atoms with van der Waals surface area (Å²) in [6.07, 6.45) is 2.38. The Morgan fingerprint density at radius 2 is 1.74 bits per heavy atom. The van der Waals surface area contributed by atoms with Crippen molar-refractivity contribution in [2.45, 2.75) is 47.0 Å². The number of aryl methyl sites for hydroxylation is 2. The fraction of sp³-hybridized carbons (Fsp3) is 0.417. The third-order valence-corrected chi connectivity index (χ3v) is 5.37. The van der Waals surface area contributed by atoms with Crippen LogP contribution in [-0.4, -0.2) is 45.5 Å². The molecule has 4 rings (SSSR count). The molecule has 180 valence electrons. The van der Waals surface area contributed by atoms with Crippen LogP contribution >= 0.6 is 0 Å². The van der Waals surface area contributed by atoms with Gasteiger partial charge >= 0.3 is 0 Å². The molecule has 1 aliphatic carbocycles. The van der Waals surface area contributed by atoms with Crippen LogP contribution in [0.5, 0.6) is 17.2 Å². The van der Waals surface area contributed by atoms with Crippen LogP contribution in [-0.2, 0) is 12.8 Å². The lowest BCUT2D eigenvalue weighted by Gasteiger charge is -2.17. The van der Waals surface area contributed by atoms with Crippen molar-refractivity contribution in [3.8, 4) is 23.2 Å². The quantitative estimate of drug-likeness (QED) is 0.496. The second kappa shape index (κ2) is 9.98. The van der Waals surface area contributed by atoms with Gasteiger partial charge in [-0.05, 0) is 59.1 Å². The molecule has 10 heteroatoms.